The number of rotatable bonds is 10. The Hall–Kier alpha value is -3.03. The van der Waals surface area contributed by atoms with Gasteiger partial charge in [-0.25, -0.2) is 8.42 Å². The lowest BCUT2D eigenvalue weighted by Gasteiger charge is -2.26. The van der Waals surface area contributed by atoms with Crippen LogP contribution >= 0.6 is 11.6 Å². The highest BCUT2D eigenvalue weighted by atomic mass is 35.5. The number of benzene rings is 3. The predicted octanol–water partition coefficient (Wildman–Crippen LogP) is 5.51. The highest BCUT2D eigenvalue weighted by Crippen LogP contribution is 2.27. The predicted molar refractivity (Wildman–Crippen MR) is 136 cm³/mol. The van der Waals surface area contributed by atoms with Crippen LogP contribution in [0.4, 0.5) is 5.69 Å². The first kappa shape index (κ1) is 25.6. The molecule has 1 unspecified atom stereocenters. The lowest BCUT2D eigenvalue weighted by atomic mass is 10.0. The fraction of sp³-hybridized carbons (Fsp3) is 0.269. The summed E-state index contributed by atoms with van der Waals surface area (Å²) < 4.78 is 33.6. The van der Waals surface area contributed by atoms with Crippen molar-refractivity contribution in [2.24, 2.45) is 0 Å². The van der Waals surface area contributed by atoms with Gasteiger partial charge in [-0.3, -0.25) is 9.10 Å². The molecule has 0 heterocycles. The minimum atomic E-state index is -4.03. The van der Waals surface area contributed by atoms with E-state index in [2.05, 4.69) is 5.32 Å². The van der Waals surface area contributed by atoms with Gasteiger partial charge in [0.15, 0.2) is 0 Å². The lowest BCUT2D eigenvalue weighted by Crippen LogP contribution is -2.42. The molecular formula is C26H29ClN2O4S. The molecule has 8 heteroatoms. The Bertz CT molecular complexity index is 1200. The van der Waals surface area contributed by atoms with Crippen LogP contribution in [-0.2, 0) is 14.8 Å². The smallest absolute Gasteiger partial charge is 0.264 e. The Labute approximate surface area is 206 Å². The highest BCUT2D eigenvalue weighted by Gasteiger charge is 2.28. The number of aryl methyl sites for hydroxylation is 1. The first-order chi connectivity index (χ1) is 16.2. The minimum Gasteiger partial charge on any atom is -0.494 e. The second-order valence-electron chi connectivity index (χ2n) is 7.83. The van der Waals surface area contributed by atoms with Gasteiger partial charge in [0.2, 0.25) is 5.91 Å². The summed E-state index contributed by atoms with van der Waals surface area (Å²) >= 11 is 5.94. The Morgan fingerprint density at radius 2 is 1.59 bits per heavy atom. The summed E-state index contributed by atoms with van der Waals surface area (Å²) in [7, 11) is -4.03. The average Bonchev–Trinajstić information content (AvgIpc) is 2.83. The van der Waals surface area contributed by atoms with Crippen LogP contribution in [0.15, 0.2) is 77.7 Å². The van der Waals surface area contributed by atoms with E-state index in [-0.39, 0.29) is 17.5 Å². The SMILES string of the molecule is CCOc1ccc(N(CC(=O)NC(CC)c2ccc(C)cc2)S(=O)(=O)c2ccc(Cl)cc2)cc1. The number of anilines is 1. The molecule has 3 aromatic rings. The van der Waals surface area contributed by atoms with E-state index < -0.39 is 15.9 Å². The first-order valence-electron chi connectivity index (χ1n) is 11.1. The summed E-state index contributed by atoms with van der Waals surface area (Å²) in [6.45, 7) is 5.96. The molecule has 180 valence electrons. The van der Waals surface area contributed by atoms with Gasteiger partial charge in [-0.15, -0.1) is 0 Å². The molecule has 1 atom stereocenters. The van der Waals surface area contributed by atoms with Crippen LogP contribution in [-0.4, -0.2) is 27.5 Å². The van der Waals surface area contributed by atoms with Crippen molar-refractivity contribution in [2.75, 3.05) is 17.5 Å². The third-order valence-corrected chi connectivity index (χ3v) is 7.39. The second-order valence-corrected chi connectivity index (χ2v) is 10.1. The zero-order chi connectivity index (χ0) is 24.7. The van der Waals surface area contributed by atoms with Gasteiger partial charge in [-0.2, -0.15) is 0 Å². The van der Waals surface area contributed by atoms with Crippen LogP contribution < -0.4 is 14.4 Å². The van der Waals surface area contributed by atoms with Crippen LogP contribution in [0.5, 0.6) is 5.75 Å². The second kappa shape index (κ2) is 11.4. The molecule has 0 aliphatic rings. The monoisotopic (exact) mass is 500 g/mol. The van der Waals surface area contributed by atoms with Crippen molar-refractivity contribution in [3.8, 4) is 5.75 Å². The fourth-order valence-electron chi connectivity index (χ4n) is 3.51. The van der Waals surface area contributed by atoms with Gasteiger partial charge in [0.1, 0.15) is 12.3 Å². The third kappa shape index (κ3) is 6.30. The maximum atomic E-state index is 13.5. The number of hydrogen-bond acceptors (Lipinski definition) is 4. The fourth-order valence-corrected chi connectivity index (χ4v) is 5.06. The minimum absolute atomic E-state index is 0.0455. The molecular weight excluding hydrogens is 472 g/mol. The van der Waals surface area contributed by atoms with E-state index in [1.54, 1.807) is 24.3 Å². The first-order valence-corrected chi connectivity index (χ1v) is 12.9. The quantitative estimate of drug-likeness (QED) is 0.398. The van der Waals surface area contributed by atoms with Gasteiger partial charge in [0.05, 0.1) is 23.2 Å². The molecule has 0 aromatic heterocycles. The normalized spacial score (nSPS) is 12.1. The molecule has 1 N–H and O–H groups in total. The third-order valence-electron chi connectivity index (χ3n) is 5.35. The molecule has 6 nitrogen and oxygen atoms in total. The zero-order valence-electron chi connectivity index (χ0n) is 19.5. The van der Waals surface area contributed by atoms with Crippen molar-refractivity contribution in [1.29, 1.82) is 0 Å². The maximum Gasteiger partial charge on any atom is 0.264 e. The molecule has 3 rings (SSSR count). The number of halogens is 1. The average molecular weight is 501 g/mol. The Morgan fingerprint density at radius 1 is 0.971 bits per heavy atom. The van der Waals surface area contributed by atoms with E-state index in [9.17, 15) is 13.2 Å². The summed E-state index contributed by atoms with van der Waals surface area (Å²) in [5.41, 5.74) is 2.45. The Balaban J connectivity index is 1.90. The number of amides is 1. The van der Waals surface area contributed by atoms with E-state index in [1.807, 2.05) is 45.0 Å². The standard InChI is InChI=1S/C26H29ClN2O4S/c1-4-25(20-8-6-19(3)7-9-20)28-26(30)18-29(22-12-14-23(15-13-22)33-5-2)34(31,32)24-16-10-21(27)11-17-24/h6-17,25H,4-5,18H2,1-3H3,(H,28,30). The number of carbonyl (C=O) groups is 1. The number of hydrogen-bond donors (Lipinski definition) is 1. The number of nitrogens with one attached hydrogen (secondary N) is 1. The summed E-state index contributed by atoms with van der Waals surface area (Å²) in [6.07, 6.45) is 0.668. The molecule has 0 aliphatic heterocycles. The molecule has 0 spiro atoms. The number of nitrogens with zero attached hydrogens (tertiary/aromatic N) is 1. The van der Waals surface area contributed by atoms with Gasteiger partial charge >= 0.3 is 0 Å². The van der Waals surface area contributed by atoms with Gasteiger partial charge < -0.3 is 10.1 Å². The lowest BCUT2D eigenvalue weighted by molar-refractivity contribution is -0.120. The van der Waals surface area contributed by atoms with Crippen molar-refractivity contribution in [1.82, 2.24) is 5.32 Å². The summed E-state index contributed by atoms with van der Waals surface area (Å²) in [6, 6.07) is 20.2. The van der Waals surface area contributed by atoms with Crippen molar-refractivity contribution in [3.63, 3.8) is 0 Å². The Kier molecular flexibility index (Phi) is 8.58. The van der Waals surface area contributed by atoms with Crippen LogP contribution in [0, 0.1) is 6.92 Å². The van der Waals surface area contributed by atoms with Crippen LogP contribution in [0.25, 0.3) is 0 Å². The summed E-state index contributed by atoms with van der Waals surface area (Å²) in [5, 5.41) is 3.40. The maximum absolute atomic E-state index is 13.5. The molecule has 0 bridgehead atoms. The van der Waals surface area contributed by atoms with Gasteiger partial charge in [0.25, 0.3) is 10.0 Å². The van der Waals surface area contributed by atoms with E-state index in [0.29, 0.717) is 29.5 Å². The molecule has 0 aliphatic carbocycles. The zero-order valence-corrected chi connectivity index (χ0v) is 21.1. The van der Waals surface area contributed by atoms with Gasteiger partial charge in [-0.1, -0.05) is 48.4 Å². The van der Waals surface area contributed by atoms with Crippen LogP contribution in [0.2, 0.25) is 5.02 Å². The van der Waals surface area contributed by atoms with E-state index in [4.69, 9.17) is 16.3 Å². The molecule has 0 radical (unpaired) electrons. The van der Waals surface area contributed by atoms with Crippen molar-refractivity contribution < 1.29 is 17.9 Å². The van der Waals surface area contributed by atoms with E-state index in [0.717, 1.165) is 15.4 Å². The number of ether oxygens (including phenoxy) is 1. The van der Waals surface area contributed by atoms with Crippen molar-refractivity contribution in [2.45, 2.75) is 38.1 Å². The molecule has 0 saturated heterocycles. The van der Waals surface area contributed by atoms with Crippen molar-refractivity contribution in [3.05, 3.63) is 88.9 Å². The largest absolute Gasteiger partial charge is 0.494 e. The summed E-state index contributed by atoms with van der Waals surface area (Å²) in [4.78, 5) is 13.1. The van der Waals surface area contributed by atoms with E-state index >= 15 is 0 Å². The topological polar surface area (TPSA) is 75.7 Å². The molecule has 1 amide bonds. The number of sulfonamides is 1. The Morgan fingerprint density at radius 3 is 2.15 bits per heavy atom. The molecule has 0 saturated carbocycles. The van der Waals surface area contributed by atoms with Crippen LogP contribution in [0.1, 0.15) is 37.4 Å². The number of carbonyl (C=O) groups excluding carboxylic acids is 1. The van der Waals surface area contributed by atoms with Crippen molar-refractivity contribution >= 4 is 33.2 Å². The molecule has 3 aromatic carbocycles. The molecule has 0 fully saturated rings. The van der Waals surface area contributed by atoms with Gasteiger partial charge in [0, 0.05) is 5.02 Å². The van der Waals surface area contributed by atoms with Gasteiger partial charge in [-0.05, 0) is 74.4 Å². The van der Waals surface area contributed by atoms with Crippen LogP contribution in [0.3, 0.4) is 0 Å². The van der Waals surface area contributed by atoms with E-state index in [1.165, 1.54) is 24.3 Å². The highest BCUT2D eigenvalue weighted by molar-refractivity contribution is 7.92. The summed E-state index contributed by atoms with van der Waals surface area (Å²) in [5.74, 6) is 0.212. The molecule has 34 heavy (non-hydrogen) atoms.